The van der Waals surface area contributed by atoms with Gasteiger partial charge in [0.2, 0.25) is 0 Å². The van der Waals surface area contributed by atoms with Crippen LogP contribution in [0.1, 0.15) is 24.1 Å². The number of likely N-dealkylation sites (tertiary alicyclic amines) is 1. The molecule has 5 heteroatoms. The minimum atomic E-state index is 0.830. The first-order valence-electron chi connectivity index (χ1n) is 8.19. The molecule has 0 bridgehead atoms. The van der Waals surface area contributed by atoms with E-state index in [1.54, 1.807) is 0 Å². The summed E-state index contributed by atoms with van der Waals surface area (Å²) in [7, 11) is 0. The van der Waals surface area contributed by atoms with Crippen molar-refractivity contribution in [1.82, 2.24) is 14.5 Å². The molecular formula is C17H22N4S. The molecule has 1 aromatic heterocycles. The van der Waals surface area contributed by atoms with E-state index in [4.69, 9.17) is 0 Å². The molecule has 0 N–H and O–H groups in total. The van der Waals surface area contributed by atoms with Gasteiger partial charge in [0.05, 0.1) is 5.69 Å². The molecule has 1 saturated heterocycles. The van der Waals surface area contributed by atoms with Crippen molar-refractivity contribution >= 4 is 17.2 Å². The van der Waals surface area contributed by atoms with Crippen molar-refractivity contribution in [1.29, 1.82) is 0 Å². The lowest BCUT2D eigenvalue weighted by Crippen LogP contribution is -2.38. The molecule has 0 radical (unpaired) electrons. The number of aromatic nitrogens is 2. The summed E-state index contributed by atoms with van der Waals surface area (Å²) in [6, 6.07) is 8.89. The number of piperidine rings is 1. The summed E-state index contributed by atoms with van der Waals surface area (Å²) in [5.41, 5.74) is 4.12. The van der Waals surface area contributed by atoms with Gasteiger partial charge in [-0.3, -0.25) is 4.90 Å². The molecular weight excluding hydrogens is 292 g/mol. The molecule has 2 aliphatic rings. The SMILES string of the molecule is c1ccc2c(c1)CCN2CC1CCN(Cc2csnn2)CC1. The van der Waals surface area contributed by atoms with Gasteiger partial charge in [0.15, 0.2) is 0 Å². The maximum atomic E-state index is 4.16. The molecule has 3 heterocycles. The first-order valence-corrected chi connectivity index (χ1v) is 9.03. The number of fused-ring (bicyclic) bond motifs is 1. The third-order valence-corrected chi connectivity index (χ3v) is 5.51. The topological polar surface area (TPSA) is 32.3 Å². The van der Waals surface area contributed by atoms with Gasteiger partial charge in [-0.2, -0.15) is 0 Å². The molecule has 2 aliphatic heterocycles. The molecule has 0 aliphatic carbocycles. The molecule has 2 aromatic rings. The van der Waals surface area contributed by atoms with Crippen LogP contribution < -0.4 is 4.90 Å². The number of para-hydroxylation sites is 1. The average Bonchev–Trinajstić information content (AvgIpc) is 3.20. The maximum absolute atomic E-state index is 4.16. The zero-order valence-corrected chi connectivity index (χ0v) is 13.6. The van der Waals surface area contributed by atoms with Gasteiger partial charge in [-0.25, -0.2) is 0 Å². The van der Waals surface area contributed by atoms with E-state index in [2.05, 4.69) is 49.0 Å². The maximum Gasteiger partial charge on any atom is 0.0895 e. The minimum absolute atomic E-state index is 0.830. The lowest BCUT2D eigenvalue weighted by molar-refractivity contribution is 0.177. The molecule has 116 valence electrons. The van der Waals surface area contributed by atoms with Gasteiger partial charge in [-0.15, -0.1) is 5.10 Å². The fourth-order valence-electron chi connectivity index (χ4n) is 3.72. The van der Waals surface area contributed by atoms with E-state index < -0.39 is 0 Å². The van der Waals surface area contributed by atoms with Crippen molar-refractivity contribution in [3.05, 3.63) is 40.9 Å². The van der Waals surface area contributed by atoms with Crippen LogP contribution in [0.3, 0.4) is 0 Å². The highest BCUT2D eigenvalue weighted by Crippen LogP contribution is 2.30. The second-order valence-electron chi connectivity index (χ2n) is 6.44. The van der Waals surface area contributed by atoms with Crippen LogP contribution in [0.2, 0.25) is 0 Å². The Labute approximate surface area is 135 Å². The summed E-state index contributed by atoms with van der Waals surface area (Å²) < 4.78 is 3.95. The van der Waals surface area contributed by atoms with E-state index in [1.165, 1.54) is 68.2 Å². The lowest BCUT2D eigenvalue weighted by atomic mass is 9.96. The van der Waals surface area contributed by atoms with Gasteiger partial charge >= 0.3 is 0 Å². The minimum Gasteiger partial charge on any atom is -0.371 e. The van der Waals surface area contributed by atoms with E-state index in [0.717, 1.165) is 18.2 Å². The van der Waals surface area contributed by atoms with Crippen LogP contribution in [0, 0.1) is 5.92 Å². The van der Waals surface area contributed by atoms with Crippen LogP contribution in [-0.2, 0) is 13.0 Å². The summed E-state index contributed by atoms with van der Waals surface area (Å²) in [6.07, 6.45) is 3.82. The van der Waals surface area contributed by atoms with Crippen molar-refractivity contribution < 1.29 is 0 Å². The Balaban J connectivity index is 1.30. The average molecular weight is 314 g/mol. The highest BCUT2D eigenvalue weighted by atomic mass is 32.1. The fraction of sp³-hybridized carbons (Fsp3) is 0.529. The highest BCUT2D eigenvalue weighted by Gasteiger charge is 2.25. The van der Waals surface area contributed by atoms with Crippen molar-refractivity contribution in [2.45, 2.75) is 25.8 Å². The third-order valence-electron chi connectivity index (χ3n) is 4.96. The van der Waals surface area contributed by atoms with E-state index >= 15 is 0 Å². The van der Waals surface area contributed by atoms with Gasteiger partial charge in [0, 0.05) is 30.7 Å². The molecule has 4 rings (SSSR count). The Morgan fingerprint density at radius 1 is 1.14 bits per heavy atom. The smallest absolute Gasteiger partial charge is 0.0895 e. The molecule has 0 atom stereocenters. The summed E-state index contributed by atoms with van der Waals surface area (Å²) in [5.74, 6) is 0.830. The molecule has 22 heavy (non-hydrogen) atoms. The van der Waals surface area contributed by atoms with Gasteiger partial charge < -0.3 is 4.90 Å². The number of anilines is 1. The second kappa shape index (κ2) is 6.34. The Morgan fingerprint density at radius 2 is 2.00 bits per heavy atom. The molecule has 0 saturated carbocycles. The number of rotatable bonds is 4. The standard InChI is InChI=1S/C17H22N4S/c1-2-4-17-15(3-1)7-10-21(17)11-14-5-8-20(9-6-14)12-16-13-22-19-18-16/h1-4,13-14H,5-12H2. The van der Waals surface area contributed by atoms with Crippen LogP contribution in [0.25, 0.3) is 0 Å². The van der Waals surface area contributed by atoms with Crippen molar-refractivity contribution in [2.75, 3.05) is 31.1 Å². The lowest BCUT2D eigenvalue weighted by Gasteiger charge is -2.34. The summed E-state index contributed by atoms with van der Waals surface area (Å²) >= 11 is 1.45. The predicted octanol–water partition coefficient (Wildman–Crippen LogP) is 2.81. The molecule has 0 spiro atoms. The summed E-state index contributed by atoms with van der Waals surface area (Å²) in [5, 5.41) is 6.22. The monoisotopic (exact) mass is 314 g/mol. The molecule has 0 unspecified atom stereocenters. The van der Waals surface area contributed by atoms with Gasteiger partial charge in [0.25, 0.3) is 0 Å². The summed E-state index contributed by atoms with van der Waals surface area (Å²) in [4.78, 5) is 5.12. The van der Waals surface area contributed by atoms with E-state index in [-0.39, 0.29) is 0 Å². The van der Waals surface area contributed by atoms with Crippen LogP contribution in [0.15, 0.2) is 29.6 Å². The summed E-state index contributed by atoms with van der Waals surface area (Å²) in [6.45, 7) is 5.78. The van der Waals surface area contributed by atoms with Gasteiger partial charge in [-0.1, -0.05) is 22.7 Å². The van der Waals surface area contributed by atoms with Gasteiger partial charge in [0.1, 0.15) is 0 Å². The zero-order valence-electron chi connectivity index (χ0n) is 12.8. The van der Waals surface area contributed by atoms with Crippen molar-refractivity contribution in [3.8, 4) is 0 Å². The third kappa shape index (κ3) is 3.01. The first kappa shape index (κ1) is 14.2. The second-order valence-corrected chi connectivity index (χ2v) is 7.05. The first-order chi connectivity index (χ1) is 10.9. The predicted molar refractivity (Wildman–Crippen MR) is 90.3 cm³/mol. The quantitative estimate of drug-likeness (QED) is 0.869. The largest absolute Gasteiger partial charge is 0.371 e. The van der Waals surface area contributed by atoms with E-state index in [1.807, 2.05) is 0 Å². The molecule has 1 aromatic carbocycles. The Bertz CT molecular complexity index is 605. The highest BCUT2D eigenvalue weighted by molar-refractivity contribution is 7.03. The molecule has 0 amide bonds. The number of hydrogen-bond acceptors (Lipinski definition) is 5. The zero-order chi connectivity index (χ0) is 14.8. The number of hydrogen-bond donors (Lipinski definition) is 0. The fourth-order valence-corrected chi connectivity index (χ4v) is 4.16. The number of nitrogens with zero attached hydrogens (tertiary/aromatic N) is 4. The van der Waals surface area contributed by atoms with Crippen molar-refractivity contribution in [3.63, 3.8) is 0 Å². The Kier molecular flexibility index (Phi) is 4.08. The molecule has 1 fully saturated rings. The van der Waals surface area contributed by atoms with Gasteiger partial charge in [-0.05, 0) is 61.4 Å². The molecule has 4 nitrogen and oxygen atoms in total. The van der Waals surface area contributed by atoms with Crippen LogP contribution in [0.5, 0.6) is 0 Å². The normalized spacial score (nSPS) is 19.5. The Hall–Kier alpha value is -1.46. The Morgan fingerprint density at radius 3 is 2.82 bits per heavy atom. The van der Waals surface area contributed by atoms with Crippen molar-refractivity contribution in [2.24, 2.45) is 5.92 Å². The van der Waals surface area contributed by atoms with E-state index in [9.17, 15) is 0 Å². The van der Waals surface area contributed by atoms with Crippen LogP contribution >= 0.6 is 11.5 Å². The number of benzene rings is 1. The van der Waals surface area contributed by atoms with E-state index in [0.29, 0.717) is 0 Å². The van der Waals surface area contributed by atoms with Crippen LogP contribution in [-0.4, -0.2) is 40.7 Å². The van der Waals surface area contributed by atoms with Crippen LogP contribution in [0.4, 0.5) is 5.69 Å².